The molecule has 0 aliphatic rings. The molecule has 1 unspecified atom stereocenters. The van der Waals surface area contributed by atoms with Crippen molar-refractivity contribution in [2.75, 3.05) is 0 Å². The first-order chi connectivity index (χ1) is 5.70. The van der Waals surface area contributed by atoms with E-state index < -0.39 is 0 Å². The lowest BCUT2D eigenvalue weighted by Crippen LogP contribution is -2.26. The smallest absolute Gasteiger partial charge is 0.149 e. The van der Waals surface area contributed by atoms with Crippen LogP contribution in [0.15, 0.2) is 22.8 Å². The third-order valence-electron chi connectivity index (χ3n) is 1.71. The van der Waals surface area contributed by atoms with E-state index in [-0.39, 0.29) is 11.8 Å². The second kappa shape index (κ2) is 4.07. The van der Waals surface area contributed by atoms with Crippen LogP contribution in [0.5, 0.6) is 0 Å². The maximum absolute atomic E-state index is 11.1. The number of furan rings is 1. The highest BCUT2D eigenvalue weighted by molar-refractivity contribution is 5.83. The molecule has 0 saturated heterocycles. The summed E-state index contributed by atoms with van der Waals surface area (Å²) in [5.74, 6) is 0.912. The van der Waals surface area contributed by atoms with Gasteiger partial charge in [-0.2, -0.15) is 0 Å². The minimum Gasteiger partial charge on any atom is -0.469 e. The van der Waals surface area contributed by atoms with Crippen LogP contribution in [0.1, 0.15) is 19.1 Å². The Balaban J connectivity index is 2.32. The Morgan fingerprint density at radius 1 is 1.75 bits per heavy atom. The van der Waals surface area contributed by atoms with E-state index in [2.05, 4.69) is 0 Å². The minimum atomic E-state index is -0.361. The Labute approximate surface area is 71.6 Å². The first-order valence-electron chi connectivity index (χ1n) is 4.01. The highest BCUT2D eigenvalue weighted by atomic mass is 16.3. The van der Waals surface area contributed by atoms with E-state index in [1.165, 1.54) is 0 Å². The predicted molar refractivity (Wildman–Crippen MR) is 45.7 cm³/mol. The largest absolute Gasteiger partial charge is 0.469 e. The van der Waals surface area contributed by atoms with Gasteiger partial charge < -0.3 is 10.2 Å². The van der Waals surface area contributed by atoms with Crippen molar-refractivity contribution in [3.63, 3.8) is 0 Å². The summed E-state index contributed by atoms with van der Waals surface area (Å²) in [7, 11) is 0. The Bertz CT molecular complexity index is 239. The summed E-state index contributed by atoms with van der Waals surface area (Å²) in [5.41, 5.74) is 5.40. The van der Waals surface area contributed by atoms with Gasteiger partial charge in [0.05, 0.1) is 12.3 Å². The lowest BCUT2D eigenvalue weighted by molar-refractivity contribution is -0.119. The third-order valence-corrected chi connectivity index (χ3v) is 1.71. The SMILES string of the molecule is CC(N)C(=O)CCc1ccco1. The molecule has 66 valence electrons. The van der Waals surface area contributed by atoms with Crippen LogP contribution in [-0.2, 0) is 11.2 Å². The van der Waals surface area contributed by atoms with Crippen molar-refractivity contribution in [3.05, 3.63) is 24.2 Å². The molecule has 1 aromatic heterocycles. The summed E-state index contributed by atoms with van der Waals surface area (Å²) >= 11 is 0. The van der Waals surface area contributed by atoms with Crippen LogP contribution < -0.4 is 5.73 Å². The standard InChI is InChI=1S/C9H13NO2/c1-7(10)9(11)5-4-8-3-2-6-12-8/h2-3,6-7H,4-5,10H2,1H3. The molecule has 0 bridgehead atoms. The topological polar surface area (TPSA) is 56.2 Å². The molecule has 0 radical (unpaired) electrons. The number of hydrogen-bond acceptors (Lipinski definition) is 3. The average Bonchev–Trinajstić information content (AvgIpc) is 2.51. The van der Waals surface area contributed by atoms with E-state index in [0.29, 0.717) is 12.8 Å². The van der Waals surface area contributed by atoms with Gasteiger partial charge in [-0.25, -0.2) is 0 Å². The van der Waals surface area contributed by atoms with Gasteiger partial charge in [0.1, 0.15) is 11.5 Å². The average molecular weight is 167 g/mol. The van der Waals surface area contributed by atoms with Crippen LogP contribution in [0.25, 0.3) is 0 Å². The molecule has 12 heavy (non-hydrogen) atoms. The Morgan fingerprint density at radius 3 is 3.00 bits per heavy atom. The van der Waals surface area contributed by atoms with E-state index in [1.54, 1.807) is 13.2 Å². The molecule has 1 atom stereocenters. The molecule has 0 spiro atoms. The number of carbonyl (C=O) groups is 1. The van der Waals surface area contributed by atoms with Crippen LogP contribution in [0.2, 0.25) is 0 Å². The lowest BCUT2D eigenvalue weighted by atomic mass is 10.1. The zero-order valence-corrected chi connectivity index (χ0v) is 7.12. The molecular formula is C9H13NO2. The second-order valence-electron chi connectivity index (χ2n) is 2.83. The van der Waals surface area contributed by atoms with Crippen LogP contribution in [0, 0.1) is 0 Å². The van der Waals surface area contributed by atoms with Gasteiger partial charge in [-0.05, 0) is 19.1 Å². The van der Waals surface area contributed by atoms with Gasteiger partial charge in [-0.15, -0.1) is 0 Å². The van der Waals surface area contributed by atoms with Crippen LogP contribution in [-0.4, -0.2) is 11.8 Å². The van der Waals surface area contributed by atoms with Gasteiger partial charge in [0.25, 0.3) is 0 Å². The zero-order valence-electron chi connectivity index (χ0n) is 7.12. The van der Waals surface area contributed by atoms with Crippen LogP contribution in [0.3, 0.4) is 0 Å². The molecule has 0 aliphatic heterocycles. The van der Waals surface area contributed by atoms with Crippen LogP contribution >= 0.6 is 0 Å². The van der Waals surface area contributed by atoms with Crippen LogP contribution in [0.4, 0.5) is 0 Å². The van der Waals surface area contributed by atoms with E-state index >= 15 is 0 Å². The van der Waals surface area contributed by atoms with Gasteiger partial charge in [0, 0.05) is 12.8 Å². The fourth-order valence-electron chi connectivity index (χ4n) is 0.929. The molecule has 0 fully saturated rings. The Morgan fingerprint density at radius 2 is 2.50 bits per heavy atom. The molecule has 3 heteroatoms. The number of rotatable bonds is 4. The molecule has 3 nitrogen and oxygen atoms in total. The Hall–Kier alpha value is -1.09. The molecule has 2 N–H and O–H groups in total. The van der Waals surface area contributed by atoms with Crippen molar-refractivity contribution >= 4 is 5.78 Å². The van der Waals surface area contributed by atoms with Crippen molar-refractivity contribution in [1.82, 2.24) is 0 Å². The van der Waals surface area contributed by atoms with Gasteiger partial charge in [0.15, 0.2) is 0 Å². The fourth-order valence-corrected chi connectivity index (χ4v) is 0.929. The van der Waals surface area contributed by atoms with Gasteiger partial charge >= 0.3 is 0 Å². The minimum absolute atomic E-state index is 0.0754. The number of aryl methyl sites for hydroxylation is 1. The summed E-state index contributed by atoms with van der Waals surface area (Å²) in [4.78, 5) is 11.1. The first-order valence-corrected chi connectivity index (χ1v) is 4.01. The maximum Gasteiger partial charge on any atom is 0.149 e. The fraction of sp³-hybridized carbons (Fsp3) is 0.444. The van der Waals surface area contributed by atoms with Crippen molar-refractivity contribution in [3.8, 4) is 0 Å². The van der Waals surface area contributed by atoms with Gasteiger partial charge in [-0.3, -0.25) is 4.79 Å². The number of Topliss-reactive ketones (excluding diaryl/α,β-unsaturated/α-hetero) is 1. The molecule has 1 heterocycles. The monoisotopic (exact) mass is 167 g/mol. The number of nitrogens with two attached hydrogens (primary N) is 1. The normalized spacial score (nSPS) is 12.8. The molecule has 1 aromatic rings. The van der Waals surface area contributed by atoms with Crippen molar-refractivity contribution < 1.29 is 9.21 Å². The summed E-state index contributed by atoms with van der Waals surface area (Å²) in [5, 5.41) is 0. The molecule has 0 aliphatic carbocycles. The molecular weight excluding hydrogens is 154 g/mol. The number of hydrogen-bond donors (Lipinski definition) is 1. The van der Waals surface area contributed by atoms with Crippen molar-refractivity contribution in [1.29, 1.82) is 0 Å². The quantitative estimate of drug-likeness (QED) is 0.731. The third kappa shape index (κ3) is 2.51. The van der Waals surface area contributed by atoms with E-state index in [9.17, 15) is 4.79 Å². The summed E-state index contributed by atoms with van der Waals surface area (Å²) in [6, 6.07) is 3.31. The molecule has 0 saturated carbocycles. The van der Waals surface area contributed by atoms with E-state index in [1.807, 2.05) is 12.1 Å². The predicted octanol–water partition coefficient (Wildman–Crippen LogP) is 1.13. The first kappa shape index (κ1) is 9.00. The maximum atomic E-state index is 11.1. The highest BCUT2D eigenvalue weighted by Crippen LogP contribution is 2.04. The van der Waals surface area contributed by atoms with E-state index in [0.717, 1.165) is 5.76 Å². The summed E-state index contributed by atoms with van der Waals surface area (Å²) in [6.07, 6.45) is 2.71. The highest BCUT2D eigenvalue weighted by Gasteiger charge is 2.07. The molecule has 0 aromatic carbocycles. The molecule has 0 amide bonds. The van der Waals surface area contributed by atoms with Gasteiger partial charge in [0.2, 0.25) is 0 Å². The summed E-state index contributed by atoms with van der Waals surface area (Å²) < 4.78 is 5.07. The van der Waals surface area contributed by atoms with Crippen molar-refractivity contribution in [2.45, 2.75) is 25.8 Å². The second-order valence-corrected chi connectivity index (χ2v) is 2.83. The molecule has 1 rings (SSSR count). The van der Waals surface area contributed by atoms with E-state index in [4.69, 9.17) is 10.2 Å². The summed E-state index contributed by atoms with van der Waals surface area (Å²) in [6.45, 7) is 1.70. The van der Waals surface area contributed by atoms with Gasteiger partial charge in [-0.1, -0.05) is 0 Å². The Kier molecular flexibility index (Phi) is 3.05. The lowest BCUT2D eigenvalue weighted by Gasteiger charge is -2.01. The number of ketones is 1. The zero-order chi connectivity index (χ0) is 8.97. The van der Waals surface area contributed by atoms with Crippen molar-refractivity contribution in [2.24, 2.45) is 5.73 Å². The number of carbonyl (C=O) groups excluding carboxylic acids is 1.